The fraction of sp³-hybridized carbons (Fsp3) is 0.619. The maximum absolute atomic E-state index is 11.8. The molecule has 1 aromatic rings. The number of rotatable bonds is 3. The molecule has 210 valence electrons. The maximum Gasteiger partial charge on any atom is 0.490 e. The van der Waals surface area contributed by atoms with Crippen LogP contribution in [0.2, 0.25) is 0 Å². The molecule has 0 aliphatic carbocycles. The molecule has 0 spiro atoms. The third-order valence-electron chi connectivity index (χ3n) is 4.96. The van der Waals surface area contributed by atoms with Crippen molar-refractivity contribution in [1.82, 2.24) is 15.6 Å². The molecule has 3 rings (SSSR count). The summed E-state index contributed by atoms with van der Waals surface area (Å²) < 4.78 is 68.9. The number of pyridine rings is 1. The van der Waals surface area contributed by atoms with E-state index in [4.69, 9.17) is 29.5 Å². The van der Waals surface area contributed by atoms with Gasteiger partial charge in [0.15, 0.2) is 0 Å². The molecule has 1 saturated heterocycles. The van der Waals surface area contributed by atoms with Crippen LogP contribution in [-0.2, 0) is 20.7 Å². The summed E-state index contributed by atoms with van der Waals surface area (Å²) in [4.78, 5) is 36.8. The maximum atomic E-state index is 11.8. The molecular formula is C21H28F6N4O6. The van der Waals surface area contributed by atoms with Gasteiger partial charge in [-0.25, -0.2) is 19.4 Å². The Morgan fingerprint density at radius 1 is 1.05 bits per heavy atom. The second kappa shape index (κ2) is 12.8. The number of carboxylic acid groups (broad SMARTS) is 2. The van der Waals surface area contributed by atoms with Crippen molar-refractivity contribution in [2.75, 3.05) is 18.0 Å². The molecule has 10 nitrogen and oxygen atoms in total. The third kappa shape index (κ3) is 9.93. The highest BCUT2D eigenvalue weighted by Crippen LogP contribution is 2.34. The largest absolute Gasteiger partial charge is 0.490 e. The number of nitrogens with zero attached hydrogens (tertiary/aromatic N) is 2. The predicted molar refractivity (Wildman–Crippen MR) is 117 cm³/mol. The standard InChI is InChI=1S/C17H26N4O2.2C2HF3O2/c1-10(2)19-17(22)23-12(4)15-6-5-13-7-14-9-18-8-11(3)21(14)16(13)20-15;2*3-2(4,5)1(6)7/h5-6,10-12,14,18H,7-9H2,1-4H3,(H,19,22);2*(H,6,7)/t11-,12+,14-;;/m1../s1. The fourth-order valence-corrected chi connectivity index (χ4v) is 3.41. The molecule has 16 heteroatoms. The van der Waals surface area contributed by atoms with Gasteiger partial charge >= 0.3 is 30.4 Å². The summed E-state index contributed by atoms with van der Waals surface area (Å²) in [5.41, 5.74) is 2.09. The normalized spacial score (nSPS) is 19.3. The number of alkyl halides is 6. The van der Waals surface area contributed by atoms with Crippen LogP contribution in [0.4, 0.5) is 37.0 Å². The molecule has 3 atom stereocenters. The molecule has 1 fully saturated rings. The number of nitrogens with one attached hydrogen (secondary N) is 2. The highest BCUT2D eigenvalue weighted by molar-refractivity contribution is 5.73. The number of hydrogen-bond donors (Lipinski definition) is 4. The first-order chi connectivity index (χ1) is 16.8. The molecule has 2 aliphatic heterocycles. The Morgan fingerprint density at radius 2 is 1.57 bits per heavy atom. The van der Waals surface area contributed by atoms with Crippen LogP contribution in [0.5, 0.6) is 0 Å². The Morgan fingerprint density at radius 3 is 2.03 bits per heavy atom. The molecule has 4 N–H and O–H groups in total. The Hall–Kier alpha value is -3.30. The molecule has 1 aromatic heterocycles. The summed E-state index contributed by atoms with van der Waals surface area (Å²) >= 11 is 0. The molecule has 3 heterocycles. The van der Waals surface area contributed by atoms with Crippen molar-refractivity contribution in [3.8, 4) is 0 Å². The summed E-state index contributed by atoms with van der Waals surface area (Å²) in [6.07, 6.45) is -9.90. The number of anilines is 1. The van der Waals surface area contributed by atoms with Crippen LogP contribution in [0, 0.1) is 0 Å². The first-order valence-electron chi connectivity index (χ1n) is 10.9. The van der Waals surface area contributed by atoms with E-state index in [1.165, 1.54) is 5.56 Å². The molecule has 0 saturated carbocycles. The van der Waals surface area contributed by atoms with Gasteiger partial charge in [-0.15, -0.1) is 0 Å². The van der Waals surface area contributed by atoms with Gasteiger partial charge in [0.1, 0.15) is 11.9 Å². The smallest absolute Gasteiger partial charge is 0.475 e. The topological polar surface area (TPSA) is 141 Å². The molecule has 0 unspecified atom stereocenters. The van der Waals surface area contributed by atoms with Crippen LogP contribution in [0.1, 0.15) is 45.1 Å². The summed E-state index contributed by atoms with van der Waals surface area (Å²) in [7, 11) is 0. The lowest BCUT2D eigenvalue weighted by Crippen LogP contribution is -2.55. The van der Waals surface area contributed by atoms with Crippen LogP contribution >= 0.6 is 0 Å². The lowest BCUT2D eigenvalue weighted by atomic mass is 10.1. The van der Waals surface area contributed by atoms with Crippen molar-refractivity contribution in [3.63, 3.8) is 0 Å². The van der Waals surface area contributed by atoms with Gasteiger partial charge in [0.2, 0.25) is 0 Å². The Kier molecular flexibility index (Phi) is 11.0. The van der Waals surface area contributed by atoms with E-state index in [0.29, 0.717) is 12.1 Å². The van der Waals surface area contributed by atoms with Gasteiger partial charge in [0, 0.05) is 31.2 Å². The minimum absolute atomic E-state index is 0.0603. The van der Waals surface area contributed by atoms with Gasteiger partial charge in [-0.05, 0) is 45.7 Å². The number of carboxylic acids is 2. The third-order valence-corrected chi connectivity index (χ3v) is 4.96. The number of aliphatic carboxylic acids is 2. The van der Waals surface area contributed by atoms with Gasteiger partial charge < -0.3 is 30.5 Å². The number of amides is 1. The minimum Gasteiger partial charge on any atom is -0.475 e. The number of carbonyl (C=O) groups excluding carboxylic acids is 1. The van der Waals surface area contributed by atoms with Gasteiger partial charge in [0.25, 0.3) is 0 Å². The zero-order valence-corrected chi connectivity index (χ0v) is 20.3. The van der Waals surface area contributed by atoms with E-state index in [9.17, 15) is 31.1 Å². The number of fused-ring (bicyclic) bond motifs is 3. The molecule has 0 aromatic carbocycles. The highest BCUT2D eigenvalue weighted by Gasteiger charge is 2.39. The first kappa shape index (κ1) is 31.7. The Bertz CT molecular complexity index is 932. The van der Waals surface area contributed by atoms with Crippen LogP contribution in [-0.4, -0.2) is 76.8 Å². The van der Waals surface area contributed by atoms with Crippen molar-refractivity contribution < 1.29 is 55.7 Å². The van der Waals surface area contributed by atoms with E-state index in [1.807, 2.05) is 26.8 Å². The minimum atomic E-state index is -5.08. The molecule has 1 amide bonds. The number of carbonyl (C=O) groups is 3. The van der Waals surface area contributed by atoms with Gasteiger partial charge in [0.05, 0.1) is 5.69 Å². The summed E-state index contributed by atoms with van der Waals surface area (Å²) in [5.74, 6) is -4.46. The van der Waals surface area contributed by atoms with Crippen LogP contribution < -0.4 is 15.5 Å². The van der Waals surface area contributed by atoms with Crippen LogP contribution in [0.3, 0.4) is 0 Å². The number of piperazine rings is 1. The summed E-state index contributed by atoms with van der Waals surface area (Å²) in [5, 5.41) is 20.5. The molecule has 2 aliphatic rings. The van der Waals surface area contributed by atoms with E-state index in [1.54, 1.807) is 0 Å². The number of ether oxygens (including phenoxy) is 1. The predicted octanol–water partition coefficient (Wildman–Crippen LogP) is 3.27. The molecular weight excluding hydrogens is 518 g/mol. The Balaban J connectivity index is 0.000000404. The van der Waals surface area contributed by atoms with E-state index in [0.717, 1.165) is 31.0 Å². The zero-order valence-electron chi connectivity index (χ0n) is 20.3. The second-order valence-corrected chi connectivity index (χ2v) is 8.44. The van der Waals surface area contributed by atoms with E-state index >= 15 is 0 Å². The molecule has 0 radical (unpaired) electrons. The number of halogens is 6. The monoisotopic (exact) mass is 546 g/mol. The van der Waals surface area contributed by atoms with Crippen molar-refractivity contribution in [3.05, 3.63) is 23.4 Å². The highest BCUT2D eigenvalue weighted by atomic mass is 19.4. The molecule has 0 bridgehead atoms. The van der Waals surface area contributed by atoms with Crippen molar-refractivity contribution in [1.29, 1.82) is 0 Å². The number of aromatic nitrogens is 1. The van der Waals surface area contributed by atoms with E-state index in [2.05, 4.69) is 28.5 Å². The zero-order chi connectivity index (χ0) is 28.7. The number of hydrogen-bond acceptors (Lipinski definition) is 7. The SMILES string of the molecule is CC(C)NC(=O)O[C@@H](C)c1ccc2c(n1)N1[C@@H](CNC[C@H]1C)C2.O=C(O)C(F)(F)F.O=C(O)C(F)(F)F. The van der Waals surface area contributed by atoms with Crippen molar-refractivity contribution in [2.45, 2.75) is 70.7 Å². The second-order valence-electron chi connectivity index (χ2n) is 8.44. The van der Waals surface area contributed by atoms with E-state index in [-0.39, 0.29) is 12.1 Å². The average Bonchev–Trinajstić information content (AvgIpc) is 3.11. The average molecular weight is 546 g/mol. The fourth-order valence-electron chi connectivity index (χ4n) is 3.41. The van der Waals surface area contributed by atoms with E-state index < -0.39 is 30.4 Å². The summed E-state index contributed by atoms with van der Waals surface area (Å²) in [6.45, 7) is 9.88. The quantitative estimate of drug-likeness (QED) is 0.421. The van der Waals surface area contributed by atoms with Crippen LogP contribution in [0.25, 0.3) is 0 Å². The lowest BCUT2D eigenvalue weighted by molar-refractivity contribution is -0.193. The lowest BCUT2D eigenvalue weighted by Gasteiger charge is -2.37. The molecule has 37 heavy (non-hydrogen) atoms. The van der Waals surface area contributed by atoms with Gasteiger partial charge in [-0.3, -0.25) is 0 Å². The first-order valence-corrected chi connectivity index (χ1v) is 10.9. The van der Waals surface area contributed by atoms with Crippen molar-refractivity contribution >= 4 is 23.8 Å². The summed E-state index contributed by atoms with van der Waals surface area (Å²) in [6, 6.07) is 5.08. The van der Waals surface area contributed by atoms with Gasteiger partial charge in [-0.1, -0.05) is 6.07 Å². The van der Waals surface area contributed by atoms with Gasteiger partial charge in [-0.2, -0.15) is 26.3 Å². The Labute approximate surface area is 208 Å². The number of alkyl carbamates (subject to hydrolysis) is 1. The van der Waals surface area contributed by atoms with Crippen molar-refractivity contribution in [2.24, 2.45) is 0 Å². The van der Waals surface area contributed by atoms with Crippen LogP contribution in [0.15, 0.2) is 12.1 Å².